The molecule has 0 atom stereocenters. The highest BCUT2D eigenvalue weighted by atomic mass is 32.2. The number of cyclic esters (lactones) is 2. The van der Waals surface area contributed by atoms with Crippen molar-refractivity contribution in [2.75, 3.05) is 12.9 Å². The summed E-state index contributed by atoms with van der Waals surface area (Å²) in [5, 5.41) is 0. The van der Waals surface area contributed by atoms with Crippen LogP contribution in [-0.2, 0) is 35.0 Å². The molecule has 0 aromatic heterocycles. The zero-order valence-corrected chi connectivity index (χ0v) is 25.3. The summed E-state index contributed by atoms with van der Waals surface area (Å²) < 4.78 is 15.6. The third-order valence-corrected chi connectivity index (χ3v) is 9.25. The van der Waals surface area contributed by atoms with E-state index in [0.29, 0.717) is 16.9 Å². The summed E-state index contributed by atoms with van der Waals surface area (Å²) in [4.78, 5) is 39.8. The first kappa shape index (κ1) is 30.1. The molecule has 0 saturated carbocycles. The number of esters is 3. The molecule has 6 nitrogen and oxygen atoms in total. The average molecular weight is 595 g/mol. The first-order chi connectivity index (χ1) is 20.7. The molecule has 0 bridgehead atoms. The highest BCUT2D eigenvalue weighted by Gasteiger charge is 2.56. The number of hydrogen-bond donors (Lipinski definition) is 0. The van der Waals surface area contributed by atoms with Crippen LogP contribution >= 0.6 is 11.8 Å². The van der Waals surface area contributed by atoms with Crippen LogP contribution in [0.25, 0.3) is 0 Å². The van der Waals surface area contributed by atoms with Gasteiger partial charge in [-0.2, -0.15) is 0 Å². The first-order valence-corrected chi connectivity index (χ1v) is 15.1. The molecule has 220 valence electrons. The van der Waals surface area contributed by atoms with Crippen LogP contribution in [0.2, 0.25) is 0 Å². The Balaban J connectivity index is 1.55. The fourth-order valence-corrected chi connectivity index (χ4v) is 7.27. The summed E-state index contributed by atoms with van der Waals surface area (Å²) in [5.41, 5.74) is 2.58. The molecule has 4 aromatic rings. The van der Waals surface area contributed by atoms with Gasteiger partial charge in [0.2, 0.25) is 0 Å². The van der Waals surface area contributed by atoms with Gasteiger partial charge in [-0.05, 0) is 53.0 Å². The summed E-state index contributed by atoms with van der Waals surface area (Å²) >= 11 is 1.66. The van der Waals surface area contributed by atoms with Gasteiger partial charge in [0.25, 0.3) is 5.79 Å². The summed E-state index contributed by atoms with van der Waals surface area (Å²) in [5.74, 6) is -2.73. The Morgan fingerprint density at radius 3 is 1.70 bits per heavy atom. The van der Waals surface area contributed by atoms with Crippen molar-refractivity contribution >= 4 is 29.7 Å². The molecule has 4 aromatic carbocycles. The van der Waals surface area contributed by atoms with Crippen LogP contribution in [-0.4, -0.2) is 36.6 Å². The second kappa shape index (κ2) is 12.5. The molecule has 7 heteroatoms. The zero-order chi connectivity index (χ0) is 30.5. The maximum atomic E-state index is 13.8. The molecular weight excluding hydrogens is 560 g/mol. The lowest BCUT2D eigenvalue weighted by Gasteiger charge is -2.41. The Labute approximate surface area is 256 Å². The van der Waals surface area contributed by atoms with Crippen molar-refractivity contribution in [3.05, 3.63) is 143 Å². The summed E-state index contributed by atoms with van der Waals surface area (Å²) in [6, 6.07) is 37.5. The van der Waals surface area contributed by atoms with Gasteiger partial charge in [0, 0.05) is 13.8 Å². The summed E-state index contributed by atoms with van der Waals surface area (Å²) in [7, 11) is 1.31. The zero-order valence-electron chi connectivity index (χ0n) is 24.4. The second-order valence-electron chi connectivity index (χ2n) is 11.0. The molecule has 0 radical (unpaired) electrons. The van der Waals surface area contributed by atoms with Gasteiger partial charge in [0.1, 0.15) is 0 Å². The molecule has 5 rings (SSSR count). The normalized spacial score (nSPS) is 15.7. The van der Waals surface area contributed by atoms with Gasteiger partial charge in [0.05, 0.1) is 17.4 Å². The number of rotatable bonds is 10. The number of carbonyl (C=O) groups is 3. The van der Waals surface area contributed by atoms with Crippen LogP contribution in [0.1, 0.15) is 52.9 Å². The topological polar surface area (TPSA) is 78.9 Å². The maximum Gasteiger partial charge on any atom is 0.337 e. The van der Waals surface area contributed by atoms with Crippen molar-refractivity contribution in [1.29, 1.82) is 0 Å². The van der Waals surface area contributed by atoms with Crippen molar-refractivity contribution in [2.24, 2.45) is 5.41 Å². The second-order valence-corrected chi connectivity index (χ2v) is 12.3. The van der Waals surface area contributed by atoms with E-state index in [2.05, 4.69) is 36.4 Å². The molecule has 1 fully saturated rings. The van der Waals surface area contributed by atoms with E-state index >= 15 is 0 Å². The number of hydrogen-bond acceptors (Lipinski definition) is 7. The Hall–Kier alpha value is -4.36. The minimum Gasteiger partial charge on any atom is -0.465 e. The van der Waals surface area contributed by atoms with Crippen LogP contribution in [0.4, 0.5) is 0 Å². The van der Waals surface area contributed by atoms with E-state index in [9.17, 15) is 14.4 Å². The third kappa shape index (κ3) is 6.09. The van der Waals surface area contributed by atoms with Gasteiger partial charge in [-0.15, -0.1) is 11.8 Å². The molecule has 1 heterocycles. The van der Waals surface area contributed by atoms with Gasteiger partial charge in [-0.25, -0.2) is 4.79 Å². The summed E-state index contributed by atoms with van der Waals surface area (Å²) in [6.07, 6.45) is 0.170. The lowest BCUT2D eigenvalue weighted by atomic mass is 9.78. The van der Waals surface area contributed by atoms with E-state index < -0.39 is 33.9 Å². The standard InChI is InChI=1S/C36H34O6S/c1-34(2)41-32(38)35(33(39)42-34,25-26-14-13-15-27(24-26)31(37)40-3)22-23-43-36(28-16-7-4-8-17-28,29-18-9-5-10-19-29)30-20-11-6-12-21-30/h4-21,24H,22-23,25H2,1-3H3. The fraction of sp³-hybridized carbons (Fsp3) is 0.250. The molecule has 1 saturated heterocycles. The third-order valence-electron chi connectivity index (χ3n) is 7.70. The smallest absolute Gasteiger partial charge is 0.337 e. The highest BCUT2D eigenvalue weighted by molar-refractivity contribution is 8.00. The van der Waals surface area contributed by atoms with E-state index in [1.807, 2.05) is 54.6 Å². The molecule has 0 amide bonds. The Morgan fingerprint density at radius 2 is 1.23 bits per heavy atom. The maximum absolute atomic E-state index is 13.8. The molecule has 0 N–H and O–H groups in total. The molecule has 1 aliphatic heterocycles. The Bertz CT molecular complexity index is 1470. The van der Waals surface area contributed by atoms with E-state index in [1.54, 1.807) is 49.9 Å². The van der Waals surface area contributed by atoms with Crippen LogP contribution in [0.5, 0.6) is 0 Å². The van der Waals surface area contributed by atoms with E-state index in [-0.39, 0.29) is 12.8 Å². The monoisotopic (exact) mass is 594 g/mol. The number of carbonyl (C=O) groups excluding carboxylic acids is 3. The molecular formula is C36H34O6S. The Kier molecular flexibility index (Phi) is 8.74. The highest BCUT2D eigenvalue weighted by Crippen LogP contribution is 2.50. The van der Waals surface area contributed by atoms with E-state index in [4.69, 9.17) is 14.2 Å². The number of thioether (sulfide) groups is 1. The minimum atomic E-state index is -1.60. The van der Waals surface area contributed by atoms with Crippen molar-refractivity contribution in [3.63, 3.8) is 0 Å². The van der Waals surface area contributed by atoms with Crippen LogP contribution < -0.4 is 0 Å². The van der Waals surface area contributed by atoms with E-state index in [0.717, 1.165) is 16.7 Å². The van der Waals surface area contributed by atoms with Crippen LogP contribution in [0.15, 0.2) is 115 Å². The van der Waals surface area contributed by atoms with Crippen LogP contribution in [0, 0.1) is 5.41 Å². The predicted octanol–water partition coefficient (Wildman–Crippen LogP) is 6.95. The van der Waals surface area contributed by atoms with Gasteiger partial charge < -0.3 is 14.2 Å². The van der Waals surface area contributed by atoms with Crippen molar-refractivity contribution in [1.82, 2.24) is 0 Å². The molecule has 0 aliphatic carbocycles. The quantitative estimate of drug-likeness (QED) is 0.112. The average Bonchev–Trinajstić information content (AvgIpc) is 3.02. The Morgan fingerprint density at radius 1 is 0.744 bits per heavy atom. The number of benzene rings is 4. The van der Waals surface area contributed by atoms with E-state index in [1.165, 1.54) is 7.11 Å². The van der Waals surface area contributed by atoms with Gasteiger partial charge >= 0.3 is 17.9 Å². The minimum absolute atomic E-state index is 0.0150. The first-order valence-electron chi connectivity index (χ1n) is 14.1. The van der Waals surface area contributed by atoms with Crippen molar-refractivity contribution in [2.45, 2.75) is 37.2 Å². The van der Waals surface area contributed by atoms with Gasteiger partial charge in [-0.3, -0.25) is 9.59 Å². The predicted molar refractivity (Wildman–Crippen MR) is 166 cm³/mol. The fourth-order valence-electron chi connectivity index (χ4n) is 5.60. The molecule has 0 unspecified atom stereocenters. The molecule has 1 aliphatic rings. The largest absolute Gasteiger partial charge is 0.465 e. The SMILES string of the molecule is COC(=O)c1cccc(CC2(CCSC(c3ccccc3)(c3ccccc3)c3ccccc3)C(=O)OC(C)(C)OC2=O)c1. The van der Waals surface area contributed by atoms with Gasteiger partial charge in [-0.1, -0.05) is 103 Å². The molecule has 43 heavy (non-hydrogen) atoms. The molecule has 0 spiro atoms. The number of ether oxygens (including phenoxy) is 3. The van der Waals surface area contributed by atoms with Crippen LogP contribution in [0.3, 0.4) is 0 Å². The van der Waals surface area contributed by atoms with Crippen molar-refractivity contribution < 1.29 is 28.6 Å². The summed E-state index contributed by atoms with van der Waals surface area (Å²) in [6.45, 7) is 3.09. The lowest BCUT2D eigenvalue weighted by Crippen LogP contribution is -2.55. The van der Waals surface area contributed by atoms with Crippen molar-refractivity contribution in [3.8, 4) is 0 Å². The van der Waals surface area contributed by atoms with Gasteiger partial charge in [0.15, 0.2) is 5.41 Å². The lowest BCUT2D eigenvalue weighted by molar-refractivity contribution is -0.251. The number of methoxy groups -OCH3 is 1.